The van der Waals surface area contributed by atoms with Crippen LogP contribution < -0.4 is 10.1 Å². The molecule has 1 amide bonds. The Bertz CT molecular complexity index is 1000. The second kappa shape index (κ2) is 10.1. The number of hydrogen-bond acceptors (Lipinski definition) is 8. The summed E-state index contributed by atoms with van der Waals surface area (Å²) in [5.74, 6) is -1.82. The highest BCUT2D eigenvalue weighted by atomic mass is 32.2. The molecule has 11 heteroatoms. The molecule has 2 fully saturated rings. The summed E-state index contributed by atoms with van der Waals surface area (Å²) in [7, 11) is -3.68. The van der Waals surface area contributed by atoms with E-state index in [1.165, 1.54) is 27.0 Å². The third-order valence-corrected chi connectivity index (χ3v) is 8.05. The summed E-state index contributed by atoms with van der Waals surface area (Å²) in [5, 5.41) is 11.6. The number of rotatable bonds is 9. The molecule has 2 aliphatic rings. The number of aromatic nitrogens is 1. The molecule has 34 heavy (non-hydrogen) atoms. The standard InChI is InChI=1S/C23H34N2O8S/c1-5-34(29,30)14-19(25-21(27)28)23(20(26)32-22(3,4)33-23)13-16-12-18(10-11-24-16)31-17-8-6-15(2)7-9-17/h10-12,15,17,19,25H,5-9,13-14H2,1-4H3,(H,27,28)/t15?,17?,19?,23-/m1/s1. The number of carbonyl (C=O) groups is 2. The molecule has 1 aromatic heterocycles. The van der Waals surface area contributed by atoms with Gasteiger partial charge in [-0.1, -0.05) is 13.8 Å². The second-order valence-corrected chi connectivity index (χ2v) is 12.0. The monoisotopic (exact) mass is 498 g/mol. The quantitative estimate of drug-likeness (QED) is 0.492. The summed E-state index contributed by atoms with van der Waals surface area (Å²) in [6.07, 6.45) is 4.04. The largest absolute Gasteiger partial charge is 0.490 e. The minimum atomic E-state index is -3.68. The first-order valence-corrected chi connectivity index (χ1v) is 13.4. The number of ether oxygens (including phenoxy) is 3. The van der Waals surface area contributed by atoms with Crippen LogP contribution in [0.25, 0.3) is 0 Å². The molecule has 0 spiro atoms. The third kappa shape index (κ3) is 6.38. The highest BCUT2D eigenvalue weighted by Crippen LogP contribution is 2.38. The van der Waals surface area contributed by atoms with Crippen LogP contribution >= 0.6 is 0 Å². The Morgan fingerprint density at radius 3 is 2.56 bits per heavy atom. The number of amides is 1. The van der Waals surface area contributed by atoms with Gasteiger partial charge in [0, 0.05) is 44.0 Å². The molecule has 1 aliphatic heterocycles. The van der Waals surface area contributed by atoms with E-state index in [2.05, 4.69) is 17.2 Å². The Morgan fingerprint density at radius 2 is 2.00 bits per heavy atom. The number of sulfone groups is 1. The molecule has 0 aromatic carbocycles. The predicted molar refractivity (Wildman–Crippen MR) is 123 cm³/mol. The Balaban J connectivity index is 1.92. The fourth-order valence-electron chi connectivity index (χ4n) is 4.50. The van der Waals surface area contributed by atoms with Crippen LogP contribution in [0.3, 0.4) is 0 Å². The predicted octanol–water partition coefficient (Wildman–Crippen LogP) is 2.70. The lowest BCUT2D eigenvalue weighted by molar-refractivity contribution is -0.169. The molecule has 0 radical (unpaired) electrons. The normalized spacial score (nSPS) is 27.6. The fourth-order valence-corrected chi connectivity index (χ4v) is 5.60. The number of nitrogens with zero attached hydrogens (tertiary/aromatic N) is 1. The van der Waals surface area contributed by atoms with Gasteiger partial charge in [-0.3, -0.25) is 4.98 Å². The Labute approximate surface area is 200 Å². The highest BCUT2D eigenvalue weighted by Gasteiger charge is 2.60. The van der Waals surface area contributed by atoms with Crippen molar-refractivity contribution in [3.05, 3.63) is 24.0 Å². The van der Waals surface area contributed by atoms with E-state index in [4.69, 9.17) is 14.2 Å². The number of cyclic esters (lactones) is 1. The van der Waals surface area contributed by atoms with Crippen molar-refractivity contribution in [3.63, 3.8) is 0 Å². The van der Waals surface area contributed by atoms with Gasteiger partial charge in [0.15, 0.2) is 15.4 Å². The van der Waals surface area contributed by atoms with Crippen LogP contribution in [0.4, 0.5) is 4.79 Å². The van der Waals surface area contributed by atoms with Crippen LogP contribution in [-0.4, -0.2) is 65.6 Å². The van der Waals surface area contributed by atoms with Gasteiger partial charge in [0.2, 0.25) is 5.79 Å². The molecule has 1 aliphatic carbocycles. The zero-order valence-electron chi connectivity index (χ0n) is 20.1. The Kier molecular flexibility index (Phi) is 7.76. The van der Waals surface area contributed by atoms with Crippen LogP contribution in [0.2, 0.25) is 0 Å². The van der Waals surface area contributed by atoms with Gasteiger partial charge in [0.1, 0.15) is 5.75 Å². The summed E-state index contributed by atoms with van der Waals surface area (Å²) in [6, 6.07) is 1.99. The first kappa shape index (κ1) is 26.2. The number of nitrogens with one attached hydrogen (secondary N) is 1. The van der Waals surface area contributed by atoms with E-state index in [1.807, 2.05) is 0 Å². The van der Waals surface area contributed by atoms with Crippen LogP contribution in [0.1, 0.15) is 59.1 Å². The molecule has 0 bridgehead atoms. The van der Waals surface area contributed by atoms with Crippen molar-refractivity contribution >= 4 is 21.9 Å². The number of carbonyl (C=O) groups excluding carboxylic acids is 1. The lowest BCUT2D eigenvalue weighted by Gasteiger charge is -2.33. The van der Waals surface area contributed by atoms with Gasteiger partial charge in [0.25, 0.3) is 0 Å². The maximum atomic E-state index is 13.1. The summed E-state index contributed by atoms with van der Waals surface area (Å²) >= 11 is 0. The minimum Gasteiger partial charge on any atom is -0.490 e. The van der Waals surface area contributed by atoms with Crippen molar-refractivity contribution in [2.24, 2.45) is 5.92 Å². The van der Waals surface area contributed by atoms with Gasteiger partial charge in [-0.15, -0.1) is 0 Å². The van der Waals surface area contributed by atoms with Gasteiger partial charge >= 0.3 is 12.1 Å². The van der Waals surface area contributed by atoms with Crippen molar-refractivity contribution in [2.45, 2.75) is 83.3 Å². The molecule has 1 saturated carbocycles. The van der Waals surface area contributed by atoms with E-state index < -0.39 is 45.1 Å². The summed E-state index contributed by atoms with van der Waals surface area (Å²) in [4.78, 5) is 29.0. The van der Waals surface area contributed by atoms with Crippen molar-refractivity contribution in [2.75, 3.05) is 11.5 Å². The first-order chi connectivity index (χ1) is 15.8. The average molecular weight is 499 g/mol. The van der Waals surface area contributed by atoms with Crippen molar-refractivity contribution in [1.82, 2.24) is 10.3 Å². The SMILES string of the molecule is CCS(=O)(=O)CC(NC(=O)O)[C@@]1(Cc2cc(OC3CCC(C)CC3)ccn2)OC(C)(C)OC1=O. The molecular weight excluding hydrogens is 464 g/mol. The van der Waals surface area contributed by atoms with Gasteiger partial charge in [-0.2, -0.15) is 0 Å². The lowest BCUT2D eigenvalue weighted by atomic mass is 9.88. The summed E-state index contributed by atoms with van der Waals surface area (Å²) < 4.78 is 42.3. The van der Waals surface area contributed by atoms with E-state index in [-0.39, 0.29) is 18.3 Å². The molecule has 190 valence electrons. The van der Waals surface area contributed by atoms with Gasteiger partial charge in [-0.25, -0.2) is 18.0 Å². The maximum absolute atomic E-state index is 13.1. The minimum absolute atomic E-state index is 0.0863. The number of esters is 1. The molecule has 3 rings (SSSR count). The number of carboxylic acid groups (broad SMARTS) is 1. The van der Waals surface area contributed by atoms with E-state index >= 15 is 0 Å². The van der Waals surface area contributed by atoms with Crippen molar-refractivity contribution < 1.29 is 37.3 Å². The van der Waals surface area contributed by atoms with E-state index in [9.17, 15) is 23.1 Å². The van der Waals surface area contributed by atoms with Gasteiger partial charge in [0.05, 0.1) is 17.9 Å². The van der Waals surface area contributed by atoms with Gasteiger partial charge in [-0.05, 0) is 37.7 Å². The third-order valence-electron chi connectivity index (χ3n) is 6.33. The zero-order valence-corrected chi connectivity index (χ0v) is 20.9. The van der Waals surface area contributed by atoms with Crippen LogP contribution in [0, 0.1) is 5.92 Å². The number of hydrogen-bond donors (Lipinski definition) is 2. The van der Waals surface area contributed by atoms with Crippen LogP contribution in [0.5, 0.6) is 5.75 Å². The molecule has 2 heterocycles. The van der Waals surface area contributed by atoms with Crippen LogP contribution in [0.15, 0.2) is 18.3 Å². The maximum Gasteiger partial charge on any atom is 0.405 e. The molecule has 1 saturated heterocycles. The lowest BCUT2D eigenvalue weighted by Crippen LogP contribution is -2.61. The Morgan fingerprint density at radius 1 is 1.32 bits per heavy atom. The van der Waals surface area contributed by atoms with E-state index in [1.54, 1.807) is 12.1 Å². The highest BCUT2D eigenvalue weighted by molar-refractivity contribution is 7.91. The summed E-state index contributed by atoms with van der Waals surface area (Å²) in [5.41, 5.74) is -1.53. The average Bonchev–Trinajstić information content (AvgIpc) is 2.97. The molecule has 10 nitrogen and oxygen atoms in total. The molecular formula is C23H34N2O8S. The Hall–Kier alpha value is -2.40. The smallest absolute Gasteiger partial charge is 0.405 e. The van der Waals surface area contributed by atoms with E-state index in [0.717, 1.165) is 25.7 Å². The molecule has 1 unspecified atom stereocenters. The summed E-state index contributed by atoms with van der Waals surface area (Å²) in [6.45, 7) is 6.69. The number of pyridine rings is 1. The van der Waals surface area contributed by atoms with Crippen molar-refractivity contribution in [3.8, 4) is 5.75 Å². The second-order valence-electron chi connectivity index (χ2n) is 9.64. The first-order valence-electron chi connectivity index (χ1n) is 11.6. The zero-order chi connectivity index (χ0) is 25.1. The molecule has 2 N–H and O–H groups in total. The van der Waals surface area contributed by atoms with E-state index in [0.29, 0.717) is 17.4 Å². The topological polar surface area (TPSA) is 141 Å². The van der Waals surface area contributed by atoms with Crippen molar-refractivity contribution in [1.29, 1.82) is 0 Å². The fraction of sp³-hybridized carbons (Fsp3) is 0.696. The molecule has 2 atom stereocenters. The molecule has 1 aromatic rings. The van der Waals surface area contributed by atoms with Crippen LogP contribution in [-0.2, 0) is 30.5 Å². The van der Waals surface area contributed by atoms with Gasteiger partial charge < -0.3 is 24.6 Å².